The maximum absolute atomic E-state index is 13.9. The van der Waals surface area contributed by atoms with Gasteiger partial charge in [0.05, 0.1) is 19.1 Å². The highest BCUT2D eigenvalue weighted by Crippen LogP contribution is 2.36. The summed E-state index contributed by atoms with van der Waals surface area (Å²) in [7, 11) is -2.08. The lowest BCUT2D eigenvalue weighted by molar-refractivity contribution is -0.141. The summed E-state index contributed by atoms with van der Waals surface area (Å²) >= 11 is 0. The third-order valence-corrected chi connectivity index (χ3v) is 8.10. The molecule has 3 aromatic carbocycles. The fourth-order valence-electron chi connectivity index (χ4n) is 4.86. The second kappa shape index (κ2) is 14.1. The van der Waals surface area contributed by atoms with Crippen LogP contribution in [0.1, 0.15) is 30.9 Å². The summed E-state index contributed by atoms with van der Waals surface area (Å²) in [5, 5.41) is 2.88. The molecule has 0 aliphatic carbocycles. The third kappa shape index (κ3) is 7.94. The lowest BCUT2D eigenvalue weighted by atomic mass is 10.0. The molecular weight excluding hydrogens is 558 g/mol. The number of carbonyl (C=O) groups is 2. The smallest absolute Gasteiger partial charge is 0.243 e. The van der Waals surface area contributed by atoms with Gasteiger partial charge in [0.15, 0.2) is 11.5 Å². The molecule has 1 N–H and O–H groups in total. The molecule has 0 saturated heterocycles. The van der Waals surface area contributed by atoms with Gasteiger partial charge in [-0.05, 0) is 48.7 Å². The van der Waals surface area contributed by atoms with Crippen molar-refractivity contribution in [1.82, 2.24) is 10.2 Å². The lowest BCUT2D eigenvalue weighted by Crippen LogP contribution is -2.50. The zero-order valence-electron chi connectivity index (χ0n) is 24.1. The molecule has 4 rings (SSSR count). The van der Waals surface area contributed by atoms with Crippen molar-refractivity contribution in [3.05, 3.63) is 83.9 Å². The Morgan fingerprint density at radius 1 is 0.976 bits per heavy atom. The standard InChI is InChI=1S/C31H37N3O7S/c1-4-32-31(36)27(19-23-10-6-5-7-11-23)33(21-24-12-8-13-26(18-24)39-2)30(35)14-9-17-34(42(3,37)38)25-15-16-28-29(20-25)41-22-40-28/h5-8,10-13,15-16,18,20,27H,4,9,14,17,19,21-22H2,1-3H3,(H,32,36)/t27-/m0/s1. The molecule has 11 heteroatoms. The molecule has 0 aromatic heterocycles. The topological polar surface area (TPSA) is 114 Å². The number of sulfonamides is 1. The number of rotatable bonds is 14. The van der Waals surface area contributed by atoms with Gasteiger partial charge < -0.3 is 24.4 Å². The summed E-state index contributed by atoms with van der Waals surface area (Å²) in [5.74, 6) is 1.14. The first-order chi connectivity index (χ1) is 20.2. The van der Waals surface area contributed by atoms with Gasteiger partial charge in [0.1, 0.15) is 11.8 Å². The van der Waals surface area contributed by atoms with Gasteiger partial charge in [0, 0.05) is 38.5 Å². The first-order valence-corrected chi connectivity index (χ1v) is 15.7. The Balaban J connectivity index is 1.57. The van der Waals surface area contributed by atoms with E-state index in [0.29, 0.717) is 35.9 Å². The molecule has 224 valence electrons. The first kappa shape index (κ1) is 30.7. The Bertz CT molecular complexity index is 1480. The monoisotopic (exact) mass is 595 g/mol. The lowest BCUT2D eigenvalue weighted by Gasteiger charge is -2.32. The van der Waals surface area contributed by atoms with Crippen molar-refractivity contribution in [3.8, 4) is 17.2 Å². The van der Waals surface area contributed by atoms with E-state index in [9.17, 15) is 18.0 Å². The molecule has 0 radical (unpaired) electrons. The number of hydrogen-bond acceptors (Lipinski definition) is 7. The van der Waals surface area contributed by atoms with Gasteiger partial charge in [-0.15, -0.1) is 0 Å². The number of amides is 2. The van der Waals surface area contributed by atoms with Crippen LogP contribution in [-0.2, 0) is 32.6 Å². The summed E-state index contributed by atoms with van der Waals surface area (Å²) in [6.45, 7) is 2.58. The highest BCUT2D eigenvalue weighted by molar-refractivity contribution is 7.92. The van der Waals surface area contributed by atoms with E-state index in [1.165, 1.54) is 4.31 Å². The zero-order valence-corrected chi connectivity index (χ0v) is 24.9. The number of benzene rings is 3. The molecule has 2 amide bonds. The van der Waals surface area contributed by atoms with Crippen LogP contribution in [0.15, 0.2) is 72.8 Å². The molecule has 0 spiro atoms. The predicted molar refractivity (Wildman–Crippen MR) is 160 cm³/mol. The van der Waals surface area contributed by atoms with Gasteiger partial charge >= 0.3 is 0 Å². The third-order valence-electron chi connectivity index (χ3n) is 6.91. The number of anilines is 1. The van der Waals surface area contributed by atoms with E-state index in [2.05, 4.69) is 5.32 Å². The van der Waals surface area contributed by atoms with Crippen molar-refractivity contribution >= 4 is 27.5 Å². The molecule has 3 aromatic rings. The number of hydrogen-bond donors (Lipinski definition) is 1. The minimum absolute atomic E-state index is 0.0330. The van der Waals surface area contributed by atoms with E-state index in [-0.39, 0.29) is 44.5 Å². The van der Waals surface area contributed by atoms with Crippen molar-refractivity contribution in [2.24, 2.45) is 0 Å². The van der Waals surface area contributed by atoms with Crippen molar-refractivity contribution < 1.29 is 32.2 Å². The highest BCUT2D eigenvalue weighted by atomic mass is 32.2. The van der Waals surface area contributed by atoms with E-state index >= 15 is 0 Å². The normalized spacial score (nSPS) is 12.8. The zero-order chi connectivity index (χ0) is 30.1. The van der Waals surface area contributed by atoms with Crippen LogP contribution in [-0.4, -0.2) is 64.4 Å². The van der Waals surface area contributed by atoms with Crippen LogP contribution in [0.3, 0.4) is 0 Å². The minimum Gasteiger partial charge on any atom is -0.497 e. The molecule has 1 heterocycles. The molecule has 1 aliphatic rings. The van der Waals surface area contributed by atoms with Gasteiger partial charge in [0.2, 0.25) is 28.6 Å². The molecule has 42 heavy (non-hydrogen) atoms. The van der Waals surface area contributed by atoms with Crippen LogP contribution < -0.4 is 23.8 Å². The van der Waals surface area contributed by atoms with Gasteiger partial charge in [-0.2, -0.15) is 0 Å². The SMILES string of the molecule is CCNC(=O)[C@H](Cc1ccccc1)N(Cc1cccc(OC)c1)C(=O)CCCN(c1ccc2c(c1)OCO2)S(C)(=O)=O. The number of ether oxygens (including phenoxy) is 3. The number of likely N-dealkylation sites (N-methyl/N-ethyl adjacent to an activating group) is 1. The Labute approximate surface area is 247 Å². The maximum Gasteiger partial charge on any atom is 0.243 e. The van der Waals surface area contributed by atoms with Crippen LogP contribution in [0.4, 0.5) is 5.69 Å². The summed E-state index contributed by atoms with van der Waals surface area (Å²) in [5.41, 5.74) is 2.15. The molecule has 0 fully saturated rings. The van der Waals surface area contributed by atoms with Crippen LogP contribution in [0, 0.1) is 0 Å². The molecule has 0 saturated carbocycles. The van der Waals surface area contributed by atoms with E-state index in [0.717, 1.165) is 17.4 Å². The van der Waals surface area contributed by atoms with Crippen LogP contribution in [0.2, 0.25) is 0 Å². The second-order valence-electron chi connectivity index (χ2n) is 9.95. The molecule has 1 aliphatic heterocycles. The number of fused-ring (bicyclic) bond motifs is 1. The van der Waals surface area contributed by atoms with Gasteiger partial charge in [0.25, 0.3) is 0 Å². The Kier molecular flexibility index (Phi) is 10.3. The fraction of sp³-hybridized carbons (Fsp3) is 0.355. The summed E-state index contributed by atoms with van der Waals surface area (Å²) in [6.07, 6.45) is 1.72. The number of nitrogens with one attached hydrogen (secondary N) is 1. The summed E-state index contributed by atoms with van der Waals surface area (Å²) < 4.78 is 42.8. The average molecular weight is 596 g/mol. The average Bonchev–Trinajstić information content (AvgIpc) is 3.45. The molecular formula is C31H37N3O7S. The Hall–Kier alpha value is -4.25. The van der Waals surface area contributed by atoms with Crippen LogP contribution in [0.25, 0.3) is 0 Å². The van der Waals surface area contributed by atoms with Crippen molar-refractivity contribution in [2.75, 3.05) is 37.6 Å². The van der Waals surface area contributed by atoms with E-state index in [1.54, 1.807) is 30.2 Å². The molecule has 0 unspecified atom stereocenters. The number of nitrogens with zero attached hydrogens (tertiary/aromatic N) is 2. The van der Waals surface area contributed by atoms with Crippen molar-refractivity contribution in [3.63, 3.8) is 0 Å². The van der Waals surface area contributed by atoms with E-state index in [1.807, 2.05) is 61.5 Å². The van der Waals surface area contributed by atoms with Crippen LogP contribution in [0.5, 0.6) is 17.2 Å². The van der Waals surface area contributed by atoms with Crippen LogP contribution >= 0.6 is 0 Å². The minimum atomic E-state index is -3.65. The van der Waals surface area contributed by atoms with E-state index < -0.39 is 16.1 Å². The second-order valence-corrected chi connectivity index (χ2v) is 11.9. The quantitative estimate of drug-likeness (QED) is 0.302. The summed E-state index contributed by atoms with van der Waals surface area (Å²) in [4.78, 5) is 28.8. The molecule has 0 bridgehead atoms. The largest absolute Gasteiger partial charge is 0.497 e. The first-order valence-electron chi connectivity index (χ1n) is 13.8. The molecule has 1 atom stereocenters. The fourth-order valence-corrected chi connectivity index (χ4v) is 5.82. The maximum atomic E-state index is 13.9. The Morgan fingerprint density at radius 3 is 2.43 bits per heavy atom. The highest BCUT2D eigenvalue weighted by Gasteiger charge is 2.30. The Morgan fingerprint density at radius 2 is 1.71 bits per heavy atom. The molecule has 10 nitrogen and oxygen atoms in total. The predicted octanol–water partition coefficient (Wildman–Crippen LogP) is 3.75. The van der Waals surface area contributed by atoms with Gasteiger partial charge in [-0.25, -0.2) is 8.42 Å². The number of methoxy groups -OCH3 is 1. The van der Waals surface area contributed by atoms with Crippen molar-refractivity contribution in [2.45, 2.75) is 38.8 Å². The summed E-state index contributed by atoms with van der Waals surface area (Å²) in [6, 6.07) is 21.1. The van der Waals surface area contributed by atoms with Crippen molar-refractivity contribution in [1.29, 1.82) is 0 Å². The van der Waals surface area contributed by atoms with Gasteiger partial charge in [-0.3, -0.25) is 13.9 Å². The van der Waals surface area contributed by atoms with Gasteiger partial charge in [-0.1, -0.05) is 42.5 Å². The van der Waals surface area contributed by atoms with E-state index in [4.69, 9.17) is 14.2 Å². The number of carbonyl (C=O) groups excluding carboxylic acids is 2.